The van der Waals surface area contributed by atoms with Gasteiger partial charge in [-0.2, -0.15) is 0 Å². The number of hydrogen-bond acceptors (Lipinski definition) is 6. The van der Waals surface area contributed by atoms with Crippen LogP contribution in [0.1, 0.15) is 44.0 Å². The zero-order valence-electron chi connectivity index (χ0n) is 19.2. The Morgan fingerprint density at radius 1 is 1.18 bits per heavy atom. The lowest BCUT2D eigenvalue weighted by Gasteiger charge is -2.34. The first-order valence-electron chi connectivity index (χ1n) is 11.4. The molecule has 1 fully saturated rings. The number of nitrogens with zero attached hydrogens (tertiary/aromatic N) is 5. The Labute approximate surface area is 196 Å². The highest BCUT2D eigenvalue weighted by molar-refractivity contribution is 5.99. The molecule has 178 valence electrons. The van der Waals surface area contributed by atoms with E-state index in [1.807, 2.05) is 24.6 Å². The van der Waals surface area contributed by atoms with E-state index in [-0.39, 0.29) is 11.8 Å². The van der Waals surface area contributed by atoms with E-state index in [2.05, 4.69) is 20.2 Å². The predicted octanol–water partition coefficient (Wildman–Crippen LogP) is 3.23. The maximum Gasteiger partial charge on any atom is 0.230 e. The predicted molar refractivity (Wildman–Crippen MR) is 124 cm³/mol. The molecule has 1 aromatic carbocycles. The minimum atomic E-state index is -0.897. The fourth-order valence-corrected chi connectivity index (χ4v) is 4.75. The van der Waals surface area contributed by atoms with E-state index in [0.29, 0.717) is 30.0 Å². The second-order valence-electron chi connectivity index (χ2n) is 9.74. The van der Waals surface area contributed by atoms with Gasteiger partial charge in [0.1, 0.15) is 23.8 Å². The van der Waals surface area contributed by atoms with E-state index in [9.17, 15) is 13.6 Å². The van der Waals surface area contributed by atoms with Crippen molar-refractivity contribution in [2.24, 2.45) is 5.73 Å². The van der Waals surface area contributed by atoms with E-state index in [1.165, 1.54) is 18.5 Å². The Balaban J connectivity index is 1.40. The van der Waals surface area contributed by atoms with Crippen LogP contribution in [0.25, 0.3) is 11.3 Å². The Bertz CT molecular complexity index is 1240. The van der Waals surface area contributed by atoms with Gasteiger partial charge in [-0.3, -0.25) is 4.79 Å². The van der Waals surface area contributed by atoms with E-state index in [4.69, 9.17) is 10.7 Å². The molecule has 3 aromatic rings. The van der Waals surface area contributed by atoms with Crippen LogP contribution in [0, 0.1) is 11.6 Å². The molecule has 2 aromatic heterocycles. The summed E-state index contributed by atoms with van der Waals surface area (Å²) in [6.07, 6.45) is 5.31. The maximum atomic E-state index is 13.9. The molecule has 2 aliphatic rings. The number of aromatic nitrogens is 4. The third-order valence-corrected chi connectivity index (χ3v) is 6.28. The second-order valence-corrected chi connectivity index (χ2v) is 9.74. The molecular formula is C24H27F2N7O. The van der Waals surface area contributed by atoms with Crippen molar-refractivity contribution in [3.63, 3.8) is 0 Å². The summed E-state index contributed by atoms with van der Waals surface area (Å²) in [7, 11) is 0. The number of carbonyl (C=O) groups is 1. The Morgan fingerprint density at radius 2 is 1.94 bits per heavy atom. The molecule has 1 amide bonds. The summed E-state index contributed by atoms with van der Waals surface area (Å²) in [4.78, 5) is 27.5. The second kappa shape index (κ2) is 8.43. The van der Waals surface area contributed by atoms with Crippen LogP contribution in [-0.4, -0.2) is 44.1 Å². The first kappa shape index (κ1) is 22.4. The van der Waals surface area contributed by atoms with Gasteiger partial charge in [-0.1, -0.05) is 0 Å². The number of halogens is 2. The van der Waals surface area contributed by atoms with Gasteiger partial charge in [0.05, 0.1) is 12.1 Å². The summed E-state index contributed by atoms with van der Waals surface area (Å²) in [5.74, 6) is 0.612. The Morgan fingerprint density at radius 3 is 2.65 bits per heavy atom. The van der Waals surface area contributed by atoms with Crippen molar-refractivity contribution in [2.45, 2.75) is 51.1 Å². The molecule has 0 unspecified atom stereocenters. The highest BCUT2D eigenvalue weighted by Gasteiger charge is 2.31. The monoisotopic (exact) mass is 467 g/mol. The lowest BCUT2D eigenvalue weighted by molar-refractivity contribution is -0.115. The van der Waals surface area contributed by atoms with Gasteiger partial charge in [-0.25, -0.2) is 23.7 Å². The highest BCUT2D eigenvalue weighted by atomic mass is 19.2. The normalized spacial score (nSPS) is 16.6. The van der Waals surface area contributed by atoms with Gasteiger partial charge in [-0.05, 0) is 44.9 Å². The zero-order chi connectivity index (χ0) is 24.0. The fourth-order valence-electron chi connectivity index (χ4n) is 4.75. The summed E-state index contributed by atoms with van der Waals surface area (Å²) in [5.41, 5.74) is 7.80. The van der Waals surface area contributed by atoms with Crippen molar-refractivity contribution in [2.75, 3.05) is 23.3 Å². The standard InChI is InChI=1S/C24H27F2N7O/c1-24(2,27)12-33-11-19(15-3-4-17(25)18(26)9-15)30-22(33)14-5-7-32(8-6-14)23-16-10-20(34)31-21(16)28-13-29-23/h3-4,9,11,13-14H,5-8,10,12,27H2,1-2H3,(H,28,29,31,34). The van der Waals surface area contributed by atoms with Gasteiger partial charge in [0.25, 0.3) is 0 Å². The molecule has 0 spiro atoms. The molecular weight excluding hydrogens is 440 g/mol. The van der Waals surface area contributed by atoms with Gasteiger partial charge >= 0.3 is 0 Å². The summed E-state index contributed by atoms with van der Waals surface area (Å²) in [6.45, 7) is 5.94. The molecule has 0 bridgehead atoms. The molecule has 34 heavy (non-hydrogen) atoms. The van der Waals surface area contributed by atoms with Gasteiger partial charge in [0.15, 0.2) is 11.6 Å². The zero-order valence-corrected chi connectivity index (χ0v) is 19.2. The van der Waals surface area contributed by atoms with Crippen LogP contribution in [0.3, 0.4) is 0 Å². The fraction of sp³-hybridized carbons (Fsp3) is 0.417. The molecule has 0 aliphatic carbocycles. The van der Waals surface area contributed by atoms with Gasteiger partial charge < -0.3 is 20.5 Å². The molecule has 5 rings (SSSR count). The largest absolute Gasteiger partial charge is 0.356 e. The molecule has 0 radical (unpaired) electrons. The third kappa shape index (κ3) is 4.37. The third-order valence-electron chi connectivity index (χ3n) is 6.28. The molecule has 2 aliphatic heterocycles. The number of anilines is 2. The van der Waals surface area contributed by atoms with Gasteiger partial charge in [0, 0.05) is 48.4 Å². The van der Waals surface area contributed by atoms with Crippen molar-refractivity contribution < 1.29 is 13.6 Å². The smallest absolute Gasteiger partial charge is 0.230 e. The van der Waals surface area contributed by atoms with E-state index < -0.39 is 17.2 Å². The SMILES string of the molecule is CC(C)(N)Cn1cc(-c2ccc(F)c(F)c2)nc1C1CCN(c2ncnc3c2CC(=O)N3)CC1. The van der Waals surface area contributed by atoms with Crippen LogP contribution in [0.15, 0.2) is 30.7 Å². The number of hydrogen-bond donors (Lipinski definition) is 2. The van der Waals surface area contributed by atoms with E-state index >= 15 is 0 Å². The first-order valence-corrected chi connectivity index (χ1v) is 11.4. The minimum Gasteiger partial charge on any atom is -0.356 e. The van der Waals surface area contributed by atoms with Gasteiger partial charge in [-0.15, -0.1) is 0 Å². The number of nitrogens with one attached hydrogen (secondary N) is 1. The van der Waals surface area contributed by atoms with Crippen LogP contribution in [0.4, 0.5) is 20.4 Å². The van der Waals surface area contributed by atoms with Crippen LogP contribution < -0.4 is 16.0 Å². The number of piperidine rings is 1. The van der Waals surface area contributed by atoms with E-state index in [0.717, 1.165) is 49.2 Å². The molecule has 0 atom stereocenters. The van der Waals surface area contributed by atoms with Crippen molar-refractivity contribution >= 4 is 17.5 Å². The number of fused-ring (bicyclic) bond motifs is 1. The number of carbonyl (C=O) groups excluding carboxylic acids is 1. The summed E-state index contributed by atoms with van der Waals surface area (Å²) in [6, 6.07) is 3.83. The Hall–Kier alpha value is -3.40. The summed E-state index contributed by atoms with van der Waals surface area (Å²) in [5, 5.41) is 2.77. The topological polar surface area (TPSA) is 102 Å². The van der Waals surface area contributed by atoms with Crippen LogP contribution in [-0.2, 0) is 17.8 Å². The average molecular weight is 468 g/mol. The van der Waals surface area contributed by atoms with Crippen LogP contribution in [0.5, 0.6) is 0 Å². The minimum absolute atomic E-state index is 0.0668. The lowest BCUT2D eigenvalue weighted by atomic mass is 9.95. The molecule has 8 nitrogen and oxygen atoms in total. The lowest BCUT2D eigenvalue weighted by Crippen LogP contribution is -2.38. The number of nitrogens with two attached hydrogens (primary N) is 1. The number of benzene rings is 1. The summed E-state index contributed by atoms with van der Waals surface area (Å²) >= 11 is 0. The molecule has 3 N–H and O–H groups in total. The first-order chi connectivity index (χ1) is 16.2. The van der Waals surface area contributed by atoms with Gasteiger partial charge in [0.2, 0.25) is 5.91 Å². The molecule has 0 saturated carbocycles. The average Bonchev–Trinajstić information content (AvgIpc) is 3.37. The number of rotatable bonds is 5. The van der Waals surface area contributed by atoms with Crippen molar-refractivity contribution in [3.05, 3.63) is 53.7 Å². The quantitative estimate of drug-likeness (QED) is 0.597. The summed E-state index contributed by atoms with van der Waals surface area (Å²) < 4.78 is 29.3. The molecule has 4 heterocycles. The number of imidazole rings is 1. The van der Waals surface area contributed by atoms with Crippen molar-refractivity contribution in [3.8, 4) is 11.3 Å². The highest BCUT2D eigenvalue weighted by Crippen LogP contribution is 2.35. The van der Waals surface area contributed by atoms with E-state index in [1.54, 1.807) is 0 Å². The van der Waals surface area contributed by atoms with Crippen molar-refractivity contribution in [1.29, 1.82) is 0 Å². The molecule has 1 saturated heterocycles. The van der Waals surface area contributed by atoms with Crippen LogP contribution >= 0.6 is 0 Å². The molecule has 10 heteroatoms. The Kier molecular flexibility index (Phi) is 5.55. The number of amides is 1. The maximum absolute atomic E-state index is 13.9. The van der Waals surface area contributed by atoms with Crippen molar-refractivity contribution in [1.82, 2.24) is 19.5 Å². The van der Waals surface area contributed by atoms with Crippen LogP contribution in [0.2, 0.25) is 0 Å².